The first-order valence-corrected chi connectivity index (χ1v) is 7.42. The Kier molecular flexibility index (Phi) is 3.90. The molecule has 0 heterocycles. The van der Waals surface area contributed by atoms with Crippen LogP contribution in [0, 0.1) is 0 Å². The molecule has 1 aliphatic carbocycles. The molecule has 2 rings (SSSR count). The van der Waals surface area contributed by atoms with Gasteiger partial charge in [0.05, 0.1) is 13.2 Å². The van der Waals surface area contributed by atoms with Crippen molar-refractivity contribution >= 4 is 11.4 Å². The fourth-order valence-corrected chi connectivity index (χ4v) is 3.10. The maximum absolute atomic E-state index is 12.2. The van der Waals surface area contributed by atoms with Crippen molar-refractivity contribution < 1.29 is 9.29 Å². The first-order valence-electron chi connectivity index (χ1n) is 6.27. The summed E-state index contributed by atoms with van der Waals surface area (Å²) in [6, 6.07) is 6.26. The van der Waals surface area contributed by atoms with Gasteiger partial charge in [-0.15, -0.1) is 4.72 Å². The van der Waals surface area contributed by atoms with Gasteiger partial charge in [-0.25, -0.2) is 0 Å². The lowest BCUT2D eigenvalue weighted by Gasteiger charge is -2.26. The highest BCUT2D eigenvalue weighted by Crippen LogP contribution is 2.37. The third-order valence-electron chi connectivity index (χ3n) is 3.25. The van der Waals surface area contributed by atoms with E-state index in [1.807, 2.05) is 32.9 Å². The van der Waals surface area contributed by atoms with Gasteiger partial charge >= 0.3 is 0 Å². The van der Waals surface area contributed by atoms with Gasteiger partial charge < -0.3 is 9.29 Å². The normalized spacial score (nSPS) is 20.6. The van der Waals surface area contributed by atoms with E-state index in [-0.39, 0.29) is 10.8 Å². The van der Waals surface area contributed by atoms with Crippen LogP contribution in [-0.2, 0) is 17.8 Å². The zero-order valence-corrected chi connectivity index (χ0v) is 12.3. The summed E-state index contributed by atoms with van der Waals surface area (Å²) in [5.74, 6) is 0.943. The maximum atomic E-state index is 12.2. The monoisotopic (exact) mass is 267 g/mol. The fraction of sp³-hybridized carbons (Fsp3) is 0.571. The molecular weight excluding hydrogens is 246 g/mol. The molecule has 0 bridgehead atoms. The van der Waals surface area contributed by atoms with E-state index in [1.54, 1.807) is 7.11 Å². The van der Waals surface area contributed by atoms with Crippen LogP contribution in [0.2, 0.25) is 0 Å². The highest BCUT2D eigenvalue weighted by molar-refractivity contribution is 7.90. The molecule has 1 aromatic carbocycles. The Hall–Kier alpha value is -0.710. The molecule has 0 amide bonds. The first-order chi connectivity index (χ1) is 8.43. The molecule has 0 saturated heterocycles. The summed E-state index contributed by atoms with van der Waals surface area (Å²) in [6.07, 6.45) is 1.97. The molecule has 0 aromatic heterocycles. The Morgan fingerprint density at radius 2 is 2.11 bits per heavy atom. The summed E-state index contributed by atoms with van der Waals surface area (Å²) < 4.78 is 20.5. The zero-order valence-electron chi connectivity index (χ0n) is 11.4. The minimum atomic E-state index is -1.03. The summed E-state index contributed by atoms with van der Waals surface area (Å²) in [4.78, 5) is 0. The van der Waals surface area contributed by atoms with Gasteiger partial charge in [0.1, 0.15) is 10.5 Å². The lowest BCUT2D eigenvalue weighted by molar-refractivity contribution is 0.410. The number of rotatable bonds is 3. The molecule has 2 atom stereocenters. The van der Waals surface area contributed by atoms with E-state index in [0.29, 0.717) is 0 Å². The van der Waals surface area contributed by atoms with Crippen molar-refractivity contribution in [2.45, 2.75) is 44.4 Å². The SMILES string of the molecule is COc1cccc2c1CC[C@@H]2N[S@@+]([O-])C(C)(C)C. The number of fused-ring (bicyclic) bond motifs is 1. The van der Waals surface area contributed by atoms with Crippen molar-refractivity contribution in [3.8, 4) is 5.75 Å². The molecular formula is C14H21NO2S. The molecule has 0 radical (unpaired) electrons. The van der Waals surface area contributed by atoms with Crippen LogP contribution >= 0.6 is 0 Å². The van der Waals surface area contributed by atoms with Crippen LogP contribution in [0.4, 0.5) is 0 Å². The minimum absolute atomic E-state index is 0.176. The lowest BCUT2D eigenvalue weighted by atomic mass is 10.1. The number of ether oxygens (including phenoxy) is 1. The highest BCUT2D eigenvalue weighted by atomic mass is 32.2. The van der Waals surface area contributed by atoms with Crippen molar-refractivity contribution in [3.05, 3.63) is 29.3 Å². The topological polar surface area (TPSA) is 44.3 Å². The van der Waals surface area contributed by atoms with Crippen molar-refractivity contribution in [2.75, 3.05) is 7.11 Å². The Bertz CT molecular complexity index is 428. The van der Waals surface area contributed by atoms with Crippen molar-refractivity contribution in [2.24, 2.45) is 0 Å². The Balaban J connectivity index is 2.17. The number of nitrogens with one attached hydrogen (secondary N) is 1. The number of methoxy groups -OCH3 is 1. The standard InChI is InChI=1S/C14H21NO2S/c1-14(2,3)18(16)15-12-9-8-11-10(12)6-5-7-13(11)17-4/h5-7,12,15H,8-9H2,1-4H3/t12-,18-/m0/s1. The van der Waals surface area contributed by atoms with E-state index < -0.39 is 11.4 Å². The van der Waals surface area contributed by atoms with E-state index >= 15 is 0 Å². The molecule has 0 unspecified atom stereocenters. The maximum Gasteiger partial charge on any atom is 0.136 e. The van der Waals surface area contributed by atoms with Crippen LogP contribution in [0.5, 0.6) is 5.75 Å². The zero-order chi connectivity index (χ0) is 13.3. The molecule has 100 valence electrons. The van der Waals surface area contributed by atoms with Crippen molar-refractivity contribution in [1.29, 1.82) is 0 Å². The third-order valence-corrected chi connectivity index (χ3v) is 4.86. The third kappa shape index (κ3) is 2.66. The second-order valence-corrected chi connectivity index (χ2v) is 7.62. The van der Waals surface area contributed by atoms with E-state index in [1.165, 1.54) is 11.1 Å². The van der Waals surface area contributed by atoms with Gasteiger partial charge in [0.15, 0.2) is 0 Å². The Morgan fingerprint density at radius 1 is 1.39 bits per heavy atom. The van der Waals surface area contributed by atoms with Gasteiger partial charge in [-0.05, 0) is 50.8 Å². The Morgan fingerprint density at radius 3 is 2.72 bits per heavy atom. The van der Waals surface area contributed by atoms with E-state index in [9.17, 15) is 4.55 Å². The molecule has 0 fully saturated rings. The second-order valence-electron chi connectivity index (χ2n) is 5.62. The number of hydrogen-bond acceptors (Lipinski definition) is 3. The summed E-state index contributed by atoms with van der Waals surface area (Å²) in [5.41, 5.74) is 2.48. The smallest absolute Gasteiger partial charge is 0.136 e. The van der Waals surface area contributed by atoms with Gasteiger partial charge in [0.25, 0.3) is 0 Å². The van der Waals surface area contributed by atoms with Crippen LogP contribution in [0.1, 0.15) is 44.4 Å². The molecule has 4 heteroatoms. The number of benzene rings is 1. The van der Waals surface area contributed by atoms with Gasteiger partial charge in [-0.2, -0.15) is 0 Å². The lowest BCUT2D eigenvalue weighted by Crippen LogP contribution is -2.40. The molecule has 1 aliphatic rings. The van der Waals surface area contributed by atoms with Crippen molar-refractivity contribution in [3.63, 3.8) is 0 Å². The molecule has 0 aliphatic heterocycles. The highest BCUT2D eigenvalue weighted by Gasteiger charge is 2.33. The average molecular weight is 267 g/mol. The molecule has 1 aromatic rings. The number of hydrogen-bond donors (Lipinski definition) is 1. The molecule has 3 nitrogen and oxygen atoms in total. The quantitative estimate of drug-likeness (QED) is 0.856. The first kappa shape index (κ1) is 13.7. The van der Waals surface area contributed by atoms with E-state index in [4.69, 9.17) is 4.74 Å². The van der Waals surface area contributed by atoms with Crippen LogP contribution in [-0.4, -0.2) is 16.4 Å². The van der Waals surface area contributed by atoms with Crippen LogP contribution in [0.15, 0.2) is 18.2 Å². The minimum Gasteiger partial charge on any atom is -0.598 e. The fourth-order valence-electron chi connectivity index (χ4n) is 2.24. The predicted molar refractivity (Wildman–Crippen MR) is 75.1 cm³/mol. The summed E-state index contributed by atoms with van der Waals surface area (Å²) in [6.45, 7) is 5.95. The van der Waals surface area contributed by atoms with Crippen LogP contribution in [0.3, 0.4) is 0 Å². The van der Waals surface area contributed by atoms with Crippen LogP contribution in [0.25, 0.3) is 0 Å². The average Bonchev–Trinajstić information content (AvgIpc) is 2.71. The van der Waals surface area contributed by atoms with Gasteiger partial charge in [0.2, 0.25) is 0 Å². The Labute approximate surface area is 112 Å². The molecule has 0 saturated carbocycles. The van der Waals surface area contributed by atoms with Gasteiger partial charge in [-0.1, -0.05) is 12.1 Å². The molecule has 0 spiro atoms. The summed E-state index contributed by atoms with van der Waals surface area (Å²) in [5, 5.41) is 0. The van der Waals surface area contributed by atoms with Gasteiger partial charge in [-0.3, -0.25) is 0 Å². The van der Waals surface area contributed by atoms with Gasteiger partial charge in [0, 0.05) is 11.4 Å². The van der Waals surface area contributed by atoms with Crippen molar-refractivity contribution in [1.82, 2.24) is 4.72 Å². The second kappa shape index (κ2) is 5.11. The van der Waals surface area contributed by atoms with E-state index in [2.05, 4.69) is 10.8 Å². The summed E-state index contributed by atoms with van der Waals surface area (Å²) in [7, 11) is 1.70. The van der Waals surface area contributed by atoms with E-state index in [0.717, 1.165) is 18.6 Å². The molecule has 1 N–H and O–H groups in total. The predicted octanol–water partition coefficient (Wildman–Crippen LogP) is 2.73. The van der Waals surface area contributed by atoms with Crippen LogP contribution < -0.4 is 9.46 Å². The molecule has 18 heavy (non-hydrogen) atoms. The summed E-state index contributed by atoms with van der Waals surface area (Å²) >= 11 is -1.03. The largest absolute Gasteiger partial charge is 0.598 e.